The summed E-state index contributed by atoms with van der Waals surface area (Å²) in [4.78, 5) is 51.6. The monoisotopic (exact) mass is 1860 g/mol. The zero-order chi connectivity index (χ0) is 96.5. The summed E-state index contributed by atoms with van der Waals surface area (Å²) in [6, 6.07) is 175. The third kappa shape index (κ3) is 15.8. The average Bonchev–Trinajstić information content (AvgIpc) is 0.744. The minimum absolute atomic E-state index is 0.770. The molecule has 0 N–H and O–H groups in total. The van der Waals surface area contributed by atoms with Gasteiger partial charge in [0, 0.05) is 111 Å². The summed E-state index contributed by atoms with van der Waals surface area (Å²) in [5.74, 6) is 0. The van der Waals surface area contributed by atoms with E-state index >= 15 is 0 Å². The predicted molar refractivity (Wildman–Crippen MR) is 608 cm³/mol. The second kappa shape index (κ2) is 36.5. The van der Waals surface area contributed by atoms with Crippen LogP contribution in [0.3, 0.4) is 0 Å². The molecule has 0 fully saturated rings. The van der Waals surface area contributed by atoms with Crippen LogP contribution in [-0.4, -0.2) is 49.8 Å². The molecular weight excluding hydrogens is 1770 g/mol. The summed E-state index contributed by atoms with van der Waals surface area (Å²) in [5, 5.41) is 22.3. The first-order valence-electron chi connectivity index (χ1n) is 49.3. The van der Waals surface area contributed by atoms with E-state index in [0.717, 1.165) is 216 Å². The fraction of sp³-hybridized carbons (Fsp3) is 0. The molecule has 0 saturated heterocycles. The van der Waals surface area contributed by atoms with Gasteiger partial charge >= 0.3 is 0 Å². The van der Waals surface area contributed by atoms with Gasteiger partial charge in [-0.2, -0.15) is 0 Å². The van der Waals surface area contributed by atoms with Gasteiger partial charge in [0.2, 0.25) is 0 Å². The summed E-state index contributed by atoms with van der Waals surface area (Å²) >= 11 is 0. The molecule has 0 atom stereocenters. The Kier molecular flexibility index (Phi) is 21.4. The summed E-state index contributed by atoms with van der Waals surface area (Å²) in [6.45, 7) is 0. The van der Waals surface area contributed by atoms with Gasteiger partial charge in [-0.15, -0.1) is 0 Å². The molecule has 0 saturated carbocycles. The highest BCUT2D eigenvalue weighted by Crippen LogP contribution is 2.46. The fourth-order valence-electron chi connectivity index (χ4n) is 21.2. The molecule has 0 amide bonds. The predicted octanol–water partition coefficient (Wildman–Crippen LogP) is 35.2. The van der Waals surface area contributed by atoms with E-state index in [1.54, 1.807) is 0 Å². The Labute approximate surface area is 840 Å². The van der Waals surface area contributed by atoms with E-state index in [4.69, 9.17) is 44.9 Å². The van der Waals surface area contributed by atoms with E-state index in [1.165, 1.54) is 70.6 Å². The number of pyridine rings is 10. The normalized spacial score (nSPS) is 11.6. The minimum atomic E-state index is 0.770. The van der Waals surface area contributed by atoms with E-state index in [-0.39, 0.29) is 0 Å². The quantitative estimate of drug-likeness (QED) is 0.0861. The zero-order valence-corrected chi connectivity index (χ0v) is 79.0. The van der Waals surface area contributed by atoms with Crippen LogP contribution in [0.4, 0.5) is 0 Å². The van der Waals surface area contributed by atoms with Crippen molar-refractivity contribution in [1.82, 2.24) is 49.8 Å². The topological polar surface area (TPSA) is 129 Å². The van der Waals surface area contributed by atoms with Crippen LogP contribution >= 0.6 is 0 Å². The van der Waals surface area contributed by atoms with Crippen LogP contribution in [0, 0.1) is 0 Å². The van der Waals surface area contributed by atoms with Gasteiger partial charge in [0.25, 0.3) is 0 Å². The number of nitrogens with zero attached hydrogens (tertiary/aromatic N) is 10. The summed E-state index contributed by atoms with van der Waals surface area (Å²) in [6.07, 6.45) is 3.73. The Morgan fingerprint density at radius 3 is 0.925 bits per heavy atom. The lowest BCUT2D eigenvalue weighted by Gasteiger charge is -2.14. The molecule has 10 heteroatoms. The Balaban J connectivity index is 0.000000109. The first kappa shape index (κ1) is 85.5. The van der Waals surface area contributed by atoms with Crippen molar-refractivity contribution in [1.29, 1.82) is 0 Å². The molecule has 0 bridgehead atoms. The Morgan fingerprint density at radius 2 is 0.438 bits per heavy atom. The lowest BCUT2D eigenvalue weighted by atomic mass is 9.92. The van der Waals surface area contributed by atoms with E-state index in [2.05, 4.69) is 454 Å². The van der Waals surface area contributed by atoms with Crippen molar-refractivity contribution in [3.63, 3.8) is 0 Å². The van der Waals surface area contributed by atoms with E-state index < -0.39 is 0 Å². The van der Waals surface area contributed by atoms with Crippen molar-refractivity contribution in [2.45, 2.75) is 0 Å². The lowest BCUT2D eigenvalue weighted by molar-refractivity contribution is 1.24. The van der Waals surface area contributed by atoms with Crippen molar-refractivity contribution in [3.05, 3.63) is 510 Å². The highest BCUT2D eigenvalue weighted by atomic mass is 14.8. The molecule has 10 nitrogen and oxygen atoms in total. The number of fused-ring (bicyclic) bond motifs is 20. The van der Waals surface area contributed by atoms with Gasteiger partial charge in [0.05, 0.1) is 101 Å². The maximum atomic E-state index is 5.37. The first-order valence-corrected chi connectivity index (χ1v) is 49.3. The highest BCUT2D eigenvalue weighted by molar-refractivity contribution is 6.26. The smallest absolute Gasteiger partial charge is 0.0978 e. The van der Waals surface area contributed by atoms with Gasteiger partial charge in [0.1, 0.15) is 0 Å². The van der Waals surface area contributed by atoms with Crippen LogP contribution in [-0.2, 0) is 0 Å². The molecule has 10 heterocycles. The standard InChI is InChI=1S/C49H31N5.C47H29N3.C40H24N2/c1-3-11-32(12-4-1)37-24-27-44(51-31-37)46-30-38(29-45(52-46)34-20-18-33(19-21-34)41-16-9-10-28-50-41)42-26-23-36-22-25-40-47(35-13-5-2-6-14-35)39-15-7-8-17-43(39)54-49(40)48(36)53-42;1-2-12-32(13-3-1)45-39-16-8-9-17-41(39)49-47-40(45)24-22-33-23-25-42(50-46(33)47)44-29-38(36-20-18-30-10-4-6-14-34(30)26-36)28-43(48-44)37-21-19-31-11-5-7-15-35(31)27-37;1-2-10-25(11-3-1)38-33-16-8-9-17-37(33)42-40-34(38)22-18-26-20-23-36(41-39(26)40)27-19-21-32-30-14-5-4-12-28(30)29-13-6-7-15-31(29)35(32)24-27/h1-31H;1-29H;1-24H. The molecule has 0 aliphatic heterocycles. The fourth-order valence-corrected chi connectivity index (χ4v) is 21.2. The Morgan fingerprint density at radius 1 is 0.116 bits per heavy atom. The van der Waals surface area contributed by atoms with Crippen LogP contribution in [0.2, 0.25) is 0 Å². The number of aromatic nitrogens is 10. The molecule has 678 valence electrons. The number of hydrogen-bond acceptors (Lipinski definition) is 10. The molecule has 29 aromatic rings. The van der Waals surface area contributed by atoms with Gasteiger partial charge < -0.3 is 0 Å². The van der Waals surface area contributed by atoms with Crippen LogP contribution < -0.4 is 0 Å². The summed E-state index contributed by atoms with van der Waals surface area (Å²) < 4.78 is 0. The number of rotatable bonds is 12. The Bertz CT molecular complexity index is 10000. The molecule has 0 aliphatic carbocycles. The van der Waals surface area contributed by atoms with E-state index in [9.17, 15) is 0 Å². The van der Waals surface area contributed by atoms with Gasteiger partial charge in [0.15, 0.2) is 0 Å². The van der Waals surface area contributed by atoms with E-state index in [1.807, 2.05) is 60.9 Å². The van der Waals surface area contributed by atoms with Crippen molar-refractivity contribution in [2.24, 2.45) is 0 Å². The number of hydrogen-bond donors (Lipinski definition) is 0. The summed E-state index contributed by atoms with van der Waals surface area (Å²) in [5.41, 5.74) is 32.5. The van der Waals surface area contributed by atoms with Crippen LogP contribution in [0.15, 0.2) is 510 Å². The van der Waals surface area contributed by atoms with Gasteiger partial charge in [-0.3, -0.25) is 9.97 Å². The largest absolute Gasteiger partial charge is 0.256 e. The molecule has 29 rings (SSSR count). The maximum absolute atomic E-state index is 5.37. The lowest BCUT2D eigenvalue weighted by Crippen LogP contribution is -1.96. The second-order valence-corrected chi connectivity index (χ2v) is 37.1. The van der Waals surface area contributed by atoms with Gasteiger partial charge in [-0.25, -0.2) is 39.9 Å². The number of para-hydroxylation sites is 3. The van der Waals surface area contributed by atoms with Gasteiger partial charge in [-0.1, -0.05) is 400 Å². The molecule has 0 aliphatic rings. The zero-order valence-electron chi connectivity index (χ0n) is 79.0. The molecule has 146 heavy (non-hydrogen) atoms. The van der Waals surface area contributed by atoms with Gasteiger partial charge in [-0.05, 0) is 184 Å². The van der Waals surface area contributed by atoms with Crippen LogP contribution in [0.5, 0.6) is 0 Å². The van der Waals surface area contributed by atoms with Crippen molar-refractivity contribution in [2.75, 3.05) is 0 Å². The highest BCUT2D eigenvalue weighted by Gasteiger charge is 2.24. The van der Waals surface area contributed by atoms with Crippen LogP contribution in [0.25, 0.3) is 287 Å². The average molecular weight is 1860 g/mol. The molecule has 10 aromatic heterocycles. The third-order valence-corrected chi connectivity index (χ3v) is 28.4. The molecule has 0 radical (unpaired) electrons. The SMILES string of the molecule is c1ccc(-c2c3ccccc3nc3c2ccc2ccc(-c4cc(-c5ccc6ccccc6c5)cc(-c5ccc6ccccc6c5)n4)nc23)cc1.c1ccc(-c2c3ccccc3nc3c2ccc2ccc(-c4ccc5c6ccccc6c6ccccc6c5c4)nc23)cc1.c1ccc(-c2ccc(-c3cc(-c4ccc5ccc6c(-c7ccccc7)c7ccccc7nc6c5n4)cc(-c4ccc(-c5ccccn5)cc4)n3)nc2)cc1. The van der Waals surface area contributed by atoms with Crippen LogP contribution in [0.1, 0.15) is 0 Å². The molecule has 19 aromatic carbocycles. The molecule has 0 unspecified atom stereocenters. The Hall–Kier alpha value is -19.7. The third-order valence-electron chi connectivity index (χ3n) is 28.4. The summed E-state index contributed by atoms with van der Waals surface area (Å²) in [7, 11) is 0. The maximum Gasteiger partial charge on any atom is 0.0978 e. The van der Waals surface area contributed by atoms with Crippen molar-refractivity contribution >= 4 is 152 Å². The first-order chi connectivity index (χ1) is 72.3. The van der Waals surface area contributed by atoms with E-state index in [0.29, 0.717) is 0 Å². The number of benzene rings is 19. The molecule has 0 spiro atoms. The van der Waals surface area contributed by atoms with Crippen molar-refractivity contribution in [3.8, 4) is 135 Å². The molecular formula is C136H84N10. The van der Waals surface area contributed by atoms with Crippen molar-refractivity contribution < 1.29 is 0 Å². The minimum Gasteiger partial charge on any atom is -0.256 e. The second-order valence-electron chi connectivity index (χ2n) is 37.1.